The van der Waals surface area contributed by atoms with Crippen LogP contribution >= 0.6 is 0 Å². The van der Waals surface area contributed by atoms with Crippen molar-refractivity contribution in [1.29, 1.82) is 5.26 Å². The predicted octanol–water partition coefficient (Wildman–Crippen LogP) is 2.46. The number of nitrogens with zero attached hydrogens (tertiary/aromatic N) is 2. The molecule has 0 amide bonds. The van der Waals surface area contributed by atoms with Gasteiger partial charge in [-0.25, -0.2) is 0 Å². The smallest absolute Gasteiger partial charge is 0.109 e. The summed E-state index contributed by atoms with van der Waals surface area (Å²) < 4.78 is 0. The molecule has 1 aromatic rings. The van der Waals surface area contributed by atoms with Crippen molar-refractivity contribution in [2.75, 3.05) is 19.6 Å². The van der Waals surface area contributed by atoms with Gasteiger partial charge in [0.25, 0.3) is 0 Å². The highest BCUT2D eigenvalue weighted by Crippen LogP contribution is 2.22. The zero-order chi connectivity index (χ0) is 13.7. The summed E-state index contributed by atoms with van der Waals surface area (Å²) in [7, 11) is 0. The third-order valence-corrected chi connectivity index (χ3v) is 4.08. The Morgan fingerprint density at radius 1 is 1.37 bits per heavy atom. The van der Waals surface area contributed by atoms with Crippen LogP contribution in [-0.2, 0) is 6.54 Å². The molecule has 0 spiro atoms. The summed E-state index contributed by atoms with van der Waals surface area (Å²) in [4.78, 5) is 2.41. The van der Waals surface area contributed by atoms with Crippen molar-refractivity contribution in [2.45, 2.75) is 38.8 Å². The van der Waals surface area contributed by atoms with Crippen LogP contribution in [0, 0.1) is 18.3 Å². The average Bonchev–Trinajstić information content (AvgIpc) is 2.46. The van der Waals surface area contributed by atoms with Gasteiger partial charge in [-0.1, -0.05) is 36.8 Å². The Morgan fingerprint density at radius 3 is 2.68 bits per heavy atom. The highest BCUT2D eigenvalue weighted by Gasteiger charge is 2.33. The molecule has 3 nitrogen and oxygen atoms in total. The Bertz CT molecular complexity index is 453. The maximum absolute atomic E-state index is 9.50. The Kier molecular flexibility index (Phi) is 4.57. The van der Waals surface area contributed by atoms with Crippen LogP contribution < -0.4 is 5.32 Å². The molecule has 0 radical (unpaired) electrons. The summed E-state index contributed by atoms with van der Waals surface area (Å²) in [5.74, 6) is 0. The van der Waals surface area contributed by atoms with E-state index in [4.69, 9.17) is 0 Å². The average molecular weight is 257 g/mol. The van der Waals surface area contributed by atoms with Gasteiger partial charge in [0.2, 0.25) is 0 Å². The molecule has 0 saturated carbocycles. The molecule has 0 aliphatic carbocycles. The van der Waals surface area contributed by atoms with E-state index in [0.717, 1.165) is 39.0 Å². The van der Waals surface area contributed by atoms with E-state index in [1.165, 1.54) is 11.1 Å². The van der Waals surface area contributed by atoms with Crippen molar-refractivity contribution >= 4 is 0 Å². The molecule has 0 aromatic heterocycles. The van der Waals surface area contributed by atoms with Crippen LogP contribution in [0.5, 0.6) is 0 Å². The van der Waals surface area contributed by atoms with Crippen LogP contribution in [0.4, 0.5) is 0 Å². The minimum absolute atomic E-state index is 0.338. The number of hydrogen-bond donors (Lipinski definition) is 1. The molecule has 1 N–H and O–H groups in total. The minimum atomic E-state index is -0.338. The van der Waals surface area contributed by atoms with E-state index in [2.05, 4.69) is 54.4 Å². The van der Waals surface area contributed by atoms with Crippen LogP contribution in [-0.4, -0.2) is 30.1 Å². The van der Waals surface area contributed by atoms with Gasteiger partial charge < -0.3 is 4.90 Å². The van der Waals surface area contributed by atoms with E-state index < -0.39 is 0 Å². The van der Waals surface area contributed by atoms with E-state index in [1.807, 2.05) is 0 Å². The molecule has 1 aliphatic heterocycles. The van der Waals surface area contributed by atoms with E-state index >= 15 is 0 Å². The minimum Gasteiger partial charge on any atom is -0.303 e. The molecule has 1 fully saturated rings. The first-order chi connectivity index (χ1) is 9.17. The summed E-state index contributed by atoms with van der Waals surface area (Å²) in [6, 6.07) is 11.0. The summed E-state index contributed by atoms with van der Waals surface area (Å²) in [6.07, 6.45) is 1.84. The second-order valence-electron chi connectivity index (χ2n) is 5.47. The topological polar surface area (TPSA) is 39.1 Å². The lowest BCUT2D eigenvalue weighted by Crippen LogP contribution is -2.52. The van der Waals surface area contributed by atoms with Crippen LogP contribution in [0.25, 0.3) is 0 Å². The molecule has 2 rings (SSSR count). The van der Waals surface area contributed by atoms with Crippen molar-refractivity contribution in [3.63, 3.8) is 0 Å². The number of nitrogens with one attached hydrogen (secondary N) is 1. The molecule has 3 heteroatoms. The predicted molar refractivity (Wildman–Crippen MR) is 77.7 cm³/mol. The van der Waals surface area contributed by atoms with Crippen molar-refractivity contribution in [3.05, 3.63) is 35.4 Å². The van der Waals surface area contributed by atoms with Gasteiger partial charge in [0, 0.05) is 19.6 Å². The SMILES string of the molecule is CCN1CCC(C#N)(NCc2cccc(C)c2)CC1. The van der Waals surface area contributed by atoms with Crippen LogP contribution in [0.1, 0.15) is 30.9 Å². The summed E-state index contributed by atoms with van der Waals surface area (Å²) in [5, 5.41) is 13.0. The molecular formula is C16H23N3. The van der Waals surface area contributed by atoms with Crippen molar-refractivity contribution in [1.82, 2.24) is 10.2 Å². The Balaban J connectivity index is 1.95. The fourth-order valence-electron chi connectivity index (χ4n) is 2.67. The Labute approximate surface area is 116 Å². The molecule has 1 saturated heterocycles. The van der Waals surface area contributed by atoms with Crippen LogP contribution in [0.3, 0.4) is 0 Å². The standard InChI is InChI=1S/C16H23N3/c1-3-19-9-7-16(13-17,8-10-19)18-12-15-6-4-5-14(2)11-15/h4-6,11,18H,3,7-10,12H2,1-2H3. The summed E-state index contributed by atoms with van der Waals surface area (Å²) in [6.45, 7) is 8.18. The molecular weight excluding hydrogens is 234 g/mol. The molecule has 0 unspecified atom stereocenters. The quantitative estimate of drug-likeness (QED) is 0.900. The summed E-state index contributed by atoms with van der Waals surface area (Å²) >= 11 is 0. The van der Waals surface area contributed by atoms with Gasteiger partial charge in [0.15, 0.2) is 0 Å². The molecule has 1 aliphatic rings. The maximum atomic E-state index is 9.50. The third kappa shape index (κ3) is 3.56. The van der Waals surface area contributed by atoms with Gasteiger partial charge in [0.1, 0.15) is 5.54 Å². The lowest BCUT2D eigenvalue weighted by molar-refractivity contribution is 0.172. The first-order valence-electron chi connectivity index (χ1n) is 7.11. The largest absolute Gasteiger partial charge is 0.303 e. The van der Waals surface area contributed by atoms with Crippen molar-refractivity contribution in [3.8, 4) is 6.07 Å². The number of nitriles is 1. The van der Waals surface area contributed by atoms with Gasteiger partial charge >= 0.3 is 0 Å². The monoisotopic (exact) mass is 257 g/mol. The lowest BCUT2D eigenvalue weighted by atomic mass is 9.88. The first kappa shape index (κ1) is 14.0. The molecule has 1 heterocycles. The second-order valence-corrected chi connectivity index (χ2v) is 5.47. The molecule has 19 heavy (non-hydrogen) atoms. The van der Waals surface area contributed by atoms with Gasteiger partial charge in [-0.15, -0.1) is 0 Å². The fraction of sp³-hybridized carbons (Fsp3) is 0.562. The molecule has 0 bridgehead atoms. The van der Waals surface area contributed by atoms with E-state index in [-0.39, 0.29) is 5.54 Å². The number of benzene rings is 1. The van der Waals surface area contributed by atoms with Gasteiger partial charge in [-0.05, 0) is 31.9 Å². The third-order valence-electron chi connectivity index (χ3n) is 4.08. The number of hydrogen-bond acceptors (Lipinski definition) is 3. The second kappa shape index (κ2) is 6.18. The maximum Gasteiger partial charge on any atom is 0.109 e. The number of piperidine rings is 1. The number of aryl methyl sites for hydroxylation is 1. The van der Waals surface area contributed by atoms with Gasteiger partial charge in [-0.3, -0.25) is 5.32 Å². The van der Waals surface area contributed by atoms with Gasteiger partial charge in [0.05, 0.1) is 6.07 Å². The van der Waals surface area contributed by atoms with Crippen LogP contribution in [0.2, 0.25) is 0 Å². The van der Waals surface area contributed by atoms with E-state index in [1.54, 1.807) is 0 Å². The molecule has 1 aromatic carbocycles. The normalized spacial score (nSPS) is 19.0. The fourth-order valence-corrected chi connectivity index (χ4v) is 2.67. The summed E-state index contributed by atoms with van der Waals surface area (Å²) in [5.41, 5.74) is 2.19. The van der Waals surface area contributed by atoms with E-state index in [0.29, 0.717) is 0 Å². The number of likely N-dealkylation sites (tertiary alicyclic amines) is 1. The highest BCUT2D eigenvalue weighted by molar-refractivity contribution is 5.23. The molecule has 102 valence electrons. The lowest BCUT2D eigenvalue weighted by Gasteiger charge is -2.37. The van der Waals surface area contributed by atoms with Crippen LogP contribution in [0.15, 0.2) is 24.3 Å². The van der Waals surface area contributed by atoms with Crippen molar-refractivity contribution < 1.29 is 0 Å². The molecule has 0 atom stereocenters. The number of rotatable bonds is 4. The zero-order valence-corrected chi connectivity index (χ0v) is 11.9. The van der Waals surface area contributed by atoms with Crippen molar-refractivity contribution in [2.24, 2.45) is 0 Å². The first-order valence-corrected chi connectivity index (χ1v) is 7.11. The Hall–Kier alpha value is -1.37. The highest BCUT2D eigenvalue weighted by atomic mass is 15.1. The zero-order valence-electron chi connectivity index (χ0n) is 11.9. The van der Waals surface area contributed by atoms with Gasteiger partial charge in [-0.2, -0.15) is 5.26 Å². The van der Waals surface area contributed by atoms with E-state index in [9.17, 15) is 5.26 Å². The Morgan fingerprint density at radius 2 is 2.11 bits per heavy atom.